The Morgan fingerprint density at radius 2 is 2.05 bits per heavy atom. The molecule has 0 fully saturated rings. The molecule has 0 saturated heterocycles. The van der Waals surface area contributed by atoms with E-state index in [-0.39, 0.29) is 11.5 Å². The van der Waals surface area contributed by atoms with Crippen molar-refractivity contribution >= 4 is 22.4 Å². The number of nitrogens with zero attached hydrogens (tertiary/aromatic N) is 4. The number of nitro groups is 1. The number of aromatic nitrogens is 3. The minimum Gasteiger partial charge on any atom is -0.308 e. The molecule has 0 spiro atoms. The van der Waals surface area contributed by atoms with Gasteiger partial charge in [0.2, 0.25) is 5.82 Å². The highest BCUT2D eigenvalue weighted by molar-refractivity contribution is 5.80. The van der Waals surface area contributed by atoms with Gasteiger partial charge in [-0.05, 0) is 12.1 Å². The Kier molecular flexibility index (Phi) is 2.77. The Balaban J connectivity index is 2.29. The highest BCUT2D eigenvalue weighted by Gasteiger charge is 2.19. The van der Waals surface area contributed by atoms with E-state index in [1.54, 1.807) is 6.20 Å². The van der Waals surface area contributed by atoms with Crippen LogP contribution in [-0.4, -0.2) is 19.7 Å². The lowest BCUT2D eigenvalue weighted by molar-refractivity contribution is -0.384. The van der Waals surface area contributed by atoms with Crippen LogP contribution in [0.3, 0.4) is 0 Å². The van der Waals surface area contributed by atoms with Gasteiger partial charge in [0.05, 0.1) is 16.6 Å². The molecule has 1 aromatic carbocycles. The molecule has 2 heterocycles. The van der Waals surface area contributed by atoms with Gasteiger partial charge in [-0.3, -0.25) is 10.1 Å². The van der Waals surface area contributed by atoms with E-state index in [2.05, 4.69) is 15.5 Å². The van der Waals surface area contributed by atoms with Crippen molar-refractivity contribution in [3.8, 4) is 5.82 Å². The van der Waals surface area contributed by atoms with E-state index in [9.17, 15) is 10.1 Å². The van der Waals surface area contributed by atoms with Crippen LogP contribution >= 0.6 is 0 Å². The van der Waals surface area contributed by atoms with E-state index >= 15 is 0 Å². The smallest absolute Gasteiger partial charge is 0.308 e. The second-order valence-electron chi connectivity index (χ2n) is 4.06. The molecule has 20 heavy (non-hydrogen) atoms. The van der Waals surface area contributed by atoms with Crippen LogP contribution < -0.4 is 11.3 Å². The molecule has 3 aromatic rings. The van der Waals surface area contributed by atoms with Gasteiger partial charge < -0.3 is 5.43 Å². The topological polar surface area (TPSA) is 112 Å². The molecule has 8 nitrogen and oxygen atoms in total. The molecule has 3 rings (SSSR count). The van der Waals surface area contributed by atoms with Crippen LogP contribution in [0.1, 0.15) is 0 Å². The Morgan fingerprint density at radius 3 is 2.80 bits per heavy atom. The summed E-state index contributed by atoms with van der Waals surface area (Å²) in [6, 6.07) is 10.2. The molecule has 0 aliphatic carbocycles. The predicted molar refractivity (Wildman–Crippen MR) is 73.3 cm³/mol. The van der Waals surface area contributed by atoms with Crippen molar-refractivity contribution in [2.75, 3.05) is 5.43 Å². The predicted octanol–water partition coefficient (Wildman–Crippen LogP) is 1.61. The third kappa shape index (κ3) is 1.84. The summed E-state index contributed by atoms with van der Waals surface area (Å²) < 4.78 is 1.42. The Morgan fingerprint density at radius 1 is 1.25 bits per heavy atom. The van der Waals surface area contributed by atoms with Gasteiger partial charge in [-0.1, -0.05) is 18.2 Å². The van der Waals surface area contributed by atoms with E-state index in [0.717, 1.165) is 10.9 Å². The summed E-state index contributed by atoms with van der Waals surface area (Å²) in [4.78, 5) is 14.8. The van der Waals surface area contributed by atoms with Crippen LogP contribution in [0.4, 0.5) is 11.5 Å². The third-order valence-corrected chi connectivity index (χ3v) is 2.88. The zero-order valence-corrected chi connectivity index (χ0v) is 10.2. The standard InChI is InChI=1S/C12H10N6O2/c13-16-11-6-5-10(18(19)20)12(15-11)17-9-4-2-1-3-8(9)7-14-17/h1-7H,13H2,(H,15,16). The number of hydrogen-bond acceptors (Lipinski definition) is 6. The number of fused-ring (bicyclic) bond motifs is 1. The average molecular weight is 270 g/mol. The number of anilines is 1. The molecule has 8 heteroatoms. The van der Waals surface area contributed by atoms with Gasteiger partial charge in [0.15, 0.2) is 0 Å². The van der Waals surface area contributed by atoms with Crippen molar-refractivity contribution < 1.29 is 4.92 Å². The molecule has 3 N–H and O–H groups in total. The number of para-hydroxylation sites is 1. The van der Waals surface area contributed by atoms with E-state index < -0.39 is 4.92 Å². The zero-order chi connectivity index (χ0) is 14.1. The Bertz CT molecular complexity index is 797. The lowest BCUT2D eigenvalue weighted by atomic mass is 10.2. The van der Waals surface area contributed by atoms with Crippen molar-refractivity contribution in [3.05, 3.63) is 52.7 Å². The van der Waals surface area contributed by atoms with Gasteiger partial charge in [-0.25, -0.2) is 15.5 Å². The first kappa shape index (κ1) is 12.1. The number of rotatable bonds is 3. The molecule has 2 aromatic heterocycles. The highest BCUT2D eigenvalue weighted by atomic mass is 16.6. The normalized spacial score (nSPS) is 10.7. The van der Waals surface area contributed by atoms with Crippen molar-refractivity contribution in [3.63, 3.8) is 0 Å². The average Bonchev–Trinajstić information content (AvgIpc) is 2.90. The molecule has 0 amide bonds. The van der Waals surface area contributed by atoms with Crippen LogP contribution in [0.15, 0.2) is 42.6 Å². The van der Waals surface area contributed by atoms with Gasteiger partial charge in [-0.2, -0.15) is 5.10 Å². The zero-order valence-electron chi connectivity index (χ0n) is 10.2. The molecule has 0 saturated carbocycles. The van der Waals surface area contributed by atoms with Gasteiger partial charge in [0.25, 0.3) is 0 Å². The molecule has 0 aliphatic rings. The monoisotopic (exact) mass is 270 g/mol. The minimum atomic E-state index is -0.501. The van der Waals surface area contributed by atoms with Crippen molar-refractivity contribution in [2.24, 2.45) is 5.84 Å². The summed E-state index contributed by atoms with van der Waals surface area (Å²) >= 11 is 0. The van der Waals surface area contributed by atoms with Crippen LogP contribution in [0, 0.1) is 10.1 Å². The lowest BCUT2D eigenvalue weighted by Crippen LogP contribution is -2.11. The fourth-order valence-electron chi connectivity index (χ4n) is 1.96. The summed E-state index contributed by atoms with van der Waals surface area (Å²) in [5.41, 5.74) is 2.96. The molecule has 100 valence electrons. The summed E-state index contributed by atoms with van der Waals surface area (Å²) in [6.45, 7) is 0. The minimum absolute atomic E-state index is 0.117. The van der Waals surface area contributed by atoms with Crippen LogP contribution in [0.2, 0.25) is 0 Å². The number of nitrogens with one attached hydrogen (secondary N) is 1. The van der Waals surface area contributed by atoms with Crippen molar-refractivity contribution in [2.45, 2.75) is 0 Å². The number of hydrogen-bond donors (Lipinski definition) is 2. The Labute approximate surface area is 113 Å². The second kappa shape index (κ2) is 4.59. The van der Waals surface area contributed by atoms with Crippen LogP contribution in [-0.2, 0) is 0 Å². The maximum absolute atomic E-state index is 11.1. The third-order valence-electron chi connectivity index (χ3n) is 2.88. The maximum atomic E-state index is 11.1. The van der Waals surface area contributed by atoms with E-state index in [0.29, 0.717) is 5.82 Å². The number of benzene rings is 1. The first-order valence-electron chi connectivity index (χ1n) is 5.76. The first-order chi connectivity index (χ1) is 9.70. The van der Waals surface area contributed by atoms with Crippen LogP contribution in [0.5, 0.6) is 0 Å². The van der Waals surface area contributed by atoms with Gasteiger partial charge in [0, 0.05) is 11.5 Å². The molecular formula is C12H10N6O2. The second-order valence-corrected chi connectivity index (χ2v) is 4.06. The molecule has 0 bridgehead atoms. The van der Waals surface area contributed by atoms with Gasteiger partial charge in [0.1, 0.15) is 5.82 Å². The molecule has 0 aliphatic heterocycles. The van der Waals surface area contributed by atoms with E-state index in [1.165, 1.54) is 16.8 Å². The summed E-state index contributed by atoms with van der Waals surface area (Å²) in [5.74, 6) is 5.74. The number of nitrogens with two attached hydrogens (primary N) is 1. The fraction of sp³-hybridized carbons (Fsp3) is 0. The lowest BCUT2D eigenvalue weighted by Gasteiger charge is -2.06. The van der Waals surface area contributed by atoms with Gasteiger partial charge in [-0.15, -0.1) is 0 Å². The Hall–Kier alpha value is -3.00. The molecule has 0 radical (unpaired) electrons. The quantitative estimate of drug-likeness (QED) is 0.425. The van der Waals surface area contributed by atoms with Crippen molar-refractivity contribution in [1.29, 1.82) is 0 Å². The first-order valence-corrected chi connectivity index (χ1v) is 5.76. The van der Waals surface area contributed by atoms with Crippen molar-refractivity contribution in [1.82, 2.24) is 14.8 Å². The fourth-order valence-corrected chi connectivity index (χ4v) is 1.96. The maximum Gasteiger partial charge on any atom is 0.313 e. The summed E-state index contributed by atoms with van der Waals surface area (Å²) in [7, 11) is 0. The number of hydrazine groups is 1. The largest absolute Gasteiger partial charge is 0.313 e. The number of nitrogen functional groups attached to an aromatic ring is 1. The molecular weight excluding hydrogens is 260 g/mol. The molecule has 0 atom stereocenters. The van der Waals surface area contributed by atoms with E-state index in [1.807, 2.05) is 24.3 Å². The SMILES string of the molecule is NNc1ccc([N+](=O)[O-])c(-n2ncc3ccccc32)n1. The van der Waals surface area contributed by atoms with E-state index in [4.69, 9.17) is 5.84 Å². The summed E-state index contributed by atoms with van der Waals surface area (Å²) in [6.07, 6.45) is 1.63. The van der Waals surface area contributed by atoms with Crippen LogP contribution in [0.25, 0.3) is 16.7 Å². The number of pyridine rings is 1. The molecule has 0 unspecified atom stereocenters. The van der Waals surface area contributed by atoms with Gasteiger partial charge >= 0.3 is 5.69 Å². The highest BCUT2D eigenvalue weighted by Crippen LogP contribution is 2.25. The summed E-state index contributed by atoms with van der Waals surface area (Å²) in [5, 5.41) is 16.2.